The Morgan fingerprint density at radius 1 is 1.15 bits per heavy atom. The van der Waals surface area contributed by atoms with Crippen LogP contribution in [0.3, 0.4) is 0 Å². The molecule has 1 heterocycles. The molecule has 6 heteroatoms. The third kappa shape index (κ3) is 3.06. The zero-order valence-electron chi connectivity index (χ0n) is 14.9. The number of ketones is 1. The van der Waals surface area contributed by atoms with Crippen LogP contribution in [0.5, 0.6) is 5.75 Å². The summed E-state index contributed by atoms with van der Waals surface area (Å²) in [5.41, 5.74) is 0.935. The second kappa shape index (κ2) is 6.63. The van der Waals surface area contributed by atoms with E-state index in [0.717, 1.165) is 10.5 Å². The van der Waals surface area contributed by atoms with E-state index in [2.05, 4.69) is 5.32 Å². The molecule has 3 rings (SSSR count). The number of aryl methyl sites for hydroxylation is 1. The second-order valence-electron chi connectivity index (χ2n) is 6.47. The molecular formula is C20H20N2O4. The number of ether oxygens (including phenoxy) is 1. The minimum atomic E-state index is -1.18. The van der Waals surface area contributed by atoms with Gasteiger partial charge in [0.25, 0.3) is 5.91 Å². The Labute approximate surface area is 151 Å². The summed E-state index contributed by atoms with van der Waals surface area (Å²) in [7, 11) is 1.51. The first-order chi connectivity index (χ1) is 12.3. The first-order valence-corrected chi connectivity index (χ1v) is 8.23. The van der Waals surface area contributed by atoms with Crippen molar-refractivity contribution in [2.24, 2.45) is 0 Å². The van der Waals surface area contributed by atoms with E-state index in [-0.39, 0.29) is 12.3 Å². The van der Waals surface area contributed by atoms with Gasteiger partial charge in [0, 0.05) is 5.56 Å². The van der Waals surface area contributed by atoms with Crippen LogP contribution in [0.15, 0.2) is 48.5 Å². The normalized spacial score (nSPS) is 19.4. The molecule has 0 radical (unpaired) electrons. The number of carbonyl (C=O) groups is 3. The number of methoxy groups -OCH3 is 1. The largest absolute Gasteiger partial charge is 0.497 e. The van der Waals surface area contributed by atoms with Gasteiger partial charge in [-0.05, 0) is 31.5 Å². The van der Waals surface area contributed by atoms with E-state index in [1.54, 1.807) is 43.3 Å². The monoisotopic (exact) mass is 352 g/mol. The molecule has 2 aromatic rings. The van der Waals surface area contributed by atoms with Crippen LogP contribution < -0.4 is 10.1 Å². The molecule has 26 heavy (non-hydrogen) atoms. The van der Waals surface area contributed by atoms with E-state index in [4.69, 9.17) is 4.74 Å². The number of nitrogens with zero attached hydrogens (tertiary/aromatic N) is 1. The lowest BCUT2D eigenvalue weighted by Gasteiger charge is -2.22. The molecule has 3 amide bonds. The summed E-state index contributed by atoms with van der Waals surface area (Å²) >= 11 is 0. The van der Waals surface area contributed by atoms with Crippen LogP contribution in [0, 0.1) is 6.92 Å². The first-order valence-electron chi connectivity index (χ1n) is 8.23. The quantitative estimate of drug-likeness (QED) is 0.663. The molecule has 0 aromatic heterocycles. The van der Waals surface area contributed by atoms with E-state index in [1.807, 2.05) is 19.1 Å². The number of carbonyl (C=O) groups excluding carboxylic acids is 3. The first kappa shape index (κ1) is 17.7. The van der Waals surface area contributed by atoms with Gasteiger partial charge >= 0.3 is 6.03 Å². The highest BCUT2D eigenvalue weighted by Crippen LogP contribution is 2.29. The second-order valence-corrected chi connectivity index (χ2v) is 6.47. The Balaban J connectivity index is 1.82. The average Bonchev–Trinajstić information content (AvgIpc) is 2.86. The number of hydrogen-bond acceptors (Lipinski definition) is 4. The number of nitrogens with one attached hydrogen (secondary N) is 1. The molecule has 0 saturated carbocycles. The Bertz CT molecular complexity index is 876. The maximum absolute atomic E-state index is 12.9. The Morgan fingerprint density at radius 3 is 2.50 bits per heavy atom. The SMILES string of the molecule is COc1cccc(C(=O)CN2C(=O)NC(C)(c3ccc(C)cc3)C2=O)c1. The summed E-state index contributed by atoms with van der Waals surface area (Å²) in [6, 6.07) is 13.4. The summed E-state index contributed by atoms with van der Waals surface area (Å²) in [6.07, 6.45) is 0. The Kier molecular flexibility index (Phi) is 4.50. The molecule has 1 aliphatic rings. The molecule has 1 fully saturated rings. The zero-order valence-corrected chi connectivity index (χ0v) is 14.9. The number of imide groups is 1. The number of benzene rings is 2. The summed E-state index contributed by atoms with van der Waals surface area (Å²) in [4.78, 5) is 38.7. The molecule has 1 saturated heterocycles. The van der Waals surface area contributed by atoms with Gasteiger partial charge in [0.2, 0.25) is 0 Å². The molecule has 2 aromatic carbocycles. The van der Waals surface area contributed by atoms with E-state index in [1.165, 1.54) is 7.11 Å². The van der Waals surface area contributed by atoms with Gasteiger partial charge in [-0.25, -0.2) is 4.79 Å². The molecule has 1 N–H and O–H groups in total. The fourth-order valence-corrected chi connectivity index (χ4v) is 2.95. The van der Waals surface area contributed by atoms with Gasteiger partial charge in [0.05, 0.1) is 13.7 Å². The predicted octanol–water partition coefficient (Wildman–Crippen LogP) is 2.65. The molecule has 1 atom stereocenters. The minimum absolute atomic E-state index is 0.320. The van der Waals surface area contributed by atoms with Gasteiger partial charge in [-0.1, -0.05) is 42.0 Å². The lowest BCUT2D eigenvalue weighted by Crippen LogP contribution is -2.41. The van der Waals surface area contributed by atoms with Gasteiger partial charge in [-0.2, -0.15) is 0 Å². The van der Waals surface area contributed by atoms with Crippen LogP contribution in [-0.4, -0.2) is 36.3 Å². The maximum atomic E-state index is 12.9. The van der Waals surface area contributed by atoms with Gasteiger partial charge in [0.15, 0.2) is 5.78 Å². The Hall–Kier alpha value is -3.15. The van der Waals surface area contributed by atoms with Gasteiger partial charge < -0.3 is 10.1 Å². The molecular weight excluding hydrogens is 332 g/mol. The fraction of sp³-hybridized carbons (Fsp3) is 0.250. The van der Waals surface area contributed by atoms with Crippen molar-refractivity contribution in [1.82, 2.24) is 10.2 Å². The van der Waals surface area contributed by atoms with Gasteiger partial charge in [-0.3, -0.25) is 14.5 Å². The molecule has 0 bridgehead atoms. The van der Waals surface area contributed by atoms with E-state index < -0.39 is 17.5 Å². The van der Waals surface area contributed by atoms with Crippen molar-refractivity contribution in [3.05, 3.63) is 65.2 Å². The topological polar surface area (TPSA) is 75.7 Å². The number of rotatable bonds is 5. The number of amides is 3. The highest BCUT2D eigenvalue weighted by Gasteiger charge is 2.49. The van der Waals surface area contributed by atoms with Crippen molar-refractivity contribution in [2.45, 2.75) is 19.4 Å². The molecule has 134 valence electrons. The Morgan fingerprint density at radius 2 is 1.85 bits per heavy atom. The lowest BCUT2D eigenvalue weighted by molar-refractivity contribution is -0.130. The van der Waals surface area contributed by atoms with Gasteiger partial charge in [0.1, 0.15) is 11.3 Å². The van der Waals surface area contributed by atoms with Crippen molar-refractivity contribution in [3.8, 4) is 5.75 Å². The summed E-state index contributed by atoms with van der Waals surface area (Å²) in [6.45, 7) is 3.27. The number of hydrogen-bond donors (Lipinski definition) is 1. The number of urea groups is 1. The van der Waals surface area contributed by atoms with Crippen molar-refractivity contribution in [1.29, 1.82) is 0 Å². The highest BCUT2D eigenvalue weighted by molar-refractivity contribution is 6.11. The van der Waals surface area contributed by atoms with Gasteiger partial charge in [-0.15, -0.1) is 0 Å². The zero-order chi connectivity index (χ0) is 18.9. The van der Waals surface area contributed by atoms with Crippen LogP contribution in [0.25, 0.3) is 0 Å². The van der Waals surface area contributed by atoms with Crippen LogP contribution in [0.1, 0.15) is 28.4 Å². The summed E-state index contributed by atoms with van der Waals surface area (Å²) < 4.78 is 5.11. The molecule has 0 spiro atoms. The smallest absolute Gasteiger partial charge is 0.325 e. The van der Waals surface area contributed by atoms with Crippen molar-refractivity contribution < 1.29 is 19.1 Å². The van der Waals surface area contributed by atoms with Crippen LogP contribution >= 0.6 is 0 Å². The lowest BCUT2D eigenvalue weighted by atomic mass is 9.91. The van der Waals surface area contributed by atoms with Crippen molar-refractivity contribution >= 4 is 17.7 Å². The van der Waals surface area contributed by atoms with E-state index in [0.29, 0.717) is 16.9 Å². The third-order valence-corrected chi connectivity index (χ3v) is 4.60. The molecule has 1 unspecified atom stereocenters. The molecule has 1 aliphatic heterocycles. The summed E-state index contributed by atoms with van der Waals surface area (Å²) in [5.74, 6) is -0.235. The molecule has 0 aliphatic carbocycles. The average molecular weight is 352 g/mol. The summed E-state index contributed by atoms with van der Waals surface area (Å²) in [5, 5.41) is 2.71. The van der Waals surface area contributed by atoms with Crippen molar-refractivity contribution in [3.63, 3.8) is 0 Å². The highest BCUT2D eigenvalue weighted by atomic mass is 16.5. The number of Topliss-reactive ketones (excluding diaryl/α,β-unsaturated/α-hetero) is 1. The maximum Gasteiger partial charge on any atom is 0.325 e. The minimum Gasteiger partial charge on any atom is -0.497 e. The van der Waals surface area contributed by atoms with Crippen LogP contribution in [0.2, 0.25) is 0 Å². The fourth-order valence-electron chi connectivity index (χ4n) is 2.95. The van der Waals surface area contributed by atoms with Crippen molar-refractivity contribution in [2.75, 3.05) is 13.7 Å². The van der Waals surface area contributed by atoms with Crippen LogP contribution in [-0.2, 0) is 10.3 Å². The van der Waals surface area contributed by atoms with E-state index >= 15 is 0 Å². The van der Waals surface area contributed by atoms with E-state index in [9.17, 15) is 14.4 Å². The molecule has 6 nitrogen and oxygen atoms in total. The standard InChI is InChI=1S/C20H20N2O4/c1-13-7-9-15(10-8-13)20(2)18(24)22(19(25)21-20)12-17(23)14-5-4-6-16(11-14)26-3/h4-11H,12H2,1-3H3,(H,21,25). The van der Waals surface area contributed by atoms with Crippen LogP contribution in [0.4, 0.5) is 4.79 Å². The third-order valence-electron chi connectivity index (χ3n) is 4.60. The predicted molar refractivity (Wildman–Crippen MR) is 96.1 cm³/mol.